The largest absolute Gasteiger partial charge is 0.351 e. The van der Waals surface area contributed by atoms with Gasteiger partial charge in [-0.15, -0.1) is 0 Å². The third-order valence-electron chi connectivity index (χ3n) is 2.88. The van der Waals surface area contributed by atoms with Gasteiger partial charge in [-0.25, -0.2) is 4.39 Å². The van der Waals surface area contributed by atoms with E-state index in [1.54, 1.807) is 18.5 Å². The second-order valence-corrected chi connectivity index (χ2v) is 7.91. The molecule has 0 fully saturated rings. The first kappa shape index (κ1) is 14.7. The number of aromatic nitrogens is 1. The summed E-state index contributed by atoms with van der Waals surface area (Å²) >= 11 is 2.10. The molecule has 1 aromatic carbocycles. The fourth-order valence-corrected chi connectivity index (χ4v) is 3.36. The first-order chi connectivity index (χ1) is 9.11. The SMILES string of the molecule is CC[P@@](C)c1ccncc1Nc1ccc(I)cc1F. The van der Waals surface area contributed by atoms with Crippen molar-refractivity contribution in [2.24, 2.45) is 0 Å². The van der Waals surface area contributed by atoms with Crippen molar-refractivity contribution in [2.75, 3.05) is 18.1 Å². The molecule has 0 radical (unpaired) electrons. The van der Waals surface area contributed by atoms with Gasteiger partial charge >= 0.3 is 0 Å². The first-order valence-electron chi connectivity index (χ1n) is 5.99. The van der Waals surface area contributed by atoms with E-state index in [1.807, 2.05) is 12.1 Å². The van der Waals surface area contributed by atoms with Crippen molar-refractivity contribution in [1.82, 2.24) is 4.98 Å². The molecule has 0 saturated carbocycles. The Kier molecular flexibility index (Phi) is 5.11. The molecule has 2 rings (SSSR count). The lowest BCUT2D eigenvalue weighted by Gasteiger charge is -2.16. The lowest BCUT2D eigenvalue weighted by atomic mass is 10.3. The van der Waals surface area contributed by atoms with Gasteiger partial charge in [0.25, 0.3) is 0 Å². The fourth-order valence-electron chi connectivity index (χ4n) is 1.72. The molecule has 19 heavy (non-hydrogen) atoms. The number of nitrogens with zero attached hydrogens (tertiary/aromatic N) is 1. The Morgan fingerprint density at radius 2 is 2.11 bits per heavy atom. The van der Waals surface area contributed by atoms with Gasteiger partial charge in [-0.1, -0.05) is 14.8 Å². The van der Waals surface area contributed by atoms with Crippen molar-refractivity contribution in [2.45, 2.75) is 6.92 Å². The van der Waals surface area contributed by atoms with Gasteiger partial charge < -0.3 is 5.32 Å². The molecule has 1 atom stereocenters. The summed E-state index contributed by atoms with van der Waals surface area (Å²) in [6.45, 7) is 4.39. The highest BCUT2D eigenvalue weighted by Gasteiger charge is 2.10. The van der Waals surface area contributed by atoms with Crippen LogP contribution in [0.3, 0.4) is 0 Å². The smallest absolute Gasteiger partial charge is 0.147 e. The van der Waals surface area contributed by atoms with Crippen LogP contribution in [-0.2, 0) is 0 Å². The van der Waals surface area contributed by atoms with Gasteiger partial charge in [0, 0.05) is 15.1 Å². The van der Waals surface area contributed by atoms with E-state index in [1.165, 1.54) is 11.4 Å². The van der Waals surface area contributed by atoms with Crippen LogP contribution in [0.1, 0.15) is 6.92 Å². The third kappa shape index (κ3) is 3.63. The van der Waals surface area contributed by atoms with E-state index >= 15 is 0 Å². The topological polar surface area (TPSA) is 24.9 Å². The van der Waals surface area contributed by atoms with E-state index in [0.717, 1.165) is 15.4 Å². The molecular weight excluding hydrogens is 373 g/mol. The van der Waals surface area contributed by atoms with Gasteiger partial charge in [0.05, 0.1) is 17.6 Å². The second kappa shape index (κ2) is 6.62. The molecule has 0 unspecified atom stereocenters. The molecule has 1 heterocycles. The molecule has 0 aliphatic rings. The summed E-state index contributed by atoms with van der Waals surface area (Å²) in [5.74, 6) is -0.237. The minimum Gasteiger partial charge on any atom is -0.351 e. The zero-order valence-corrected chi connectivity index (χ0v) is 13.9. The third-order valence-corrected chi connectivity index (χ3v) is 5.72. The van der Waals surface area contributed by atoms with E-state index in [9.17, 15) is 4.39 Å². The van der Waals surface area contributed by atoms with Crippen molar-refractivity contribution in [3.63, 3.8) is 0 Å². The second-order valence-electron chi connectivity index (χ2n) is 4.16. The summed E-state index contributed by atoms with van der Waals surface area (Å²) in [5, 5.41) is 4.39. The van der Waals surface area contributed by atoms with E-state index in [0.29, 0.717) is 5.69 Å². The molecule has 0 aliphatic heterocycles. The summed E-state index contributed by atoms with van der Waals surface area (Å²) in [5.41, 5.74) is 1.40. The minimum absolute atomic E-state index is 0.233. The lowest BCUT2D eigenvalue weighted by molar-refractivity contribution is 0.631. The summed E-state index contributed by atoms with van der Waals surface area (Å²) < 4.78 is 14.8. The van der Waals surface area contributed by atoms with E-state index in [2.05, 4.69) is 46.5 Å². The number of hydrogen-bond acceptors (Lipinski definition) is 2. The Bertz CT molecular complexity index is 577. The highest BCUT2D eigenvalue weighted by atomic mass is 127. The van der Waals surface area contributed by atoms with Crippen LogP contribution in [-0.4, -0.2) is 17.8 Å². The van der Waals surface area contributed by atoms with Gasteiger partial charge in [-0.2, -0.15) is 0 Å². The van der Waals surface area contributed by atoms with Crippen LogP contribution in [0.2, 0.25) is 0 Å². The maximum absolute atomic E-state index is 13.9. The molecule has 100 valence electrons. The number of rotatable bonds is 4. The number of pyridine rings is 1. The van der Waals surface area contributed by atoms with Gasteiger partial charge in [0.1, 0.15) is 5.82 Å². The zero-order chi connectivity index (χ0) is 13.8. The average molecular weight is 388 g/mol. The average Bonchev–Trinajstić information content (AvgIpc) is 2.41. The summed E-state index contributed by atoms with van der Waals surface area (Å²) in [6.07, 6.45) is 4.66. The van der Waals surface area contributed by atoms with Crippen LogP contribution in [0.4, 0.5) is 15.8 Å². The molecule has 0 aliphatic carbocycles. The molecule has 5 heteroatoms. The van der Waals surface area contributed by atoms with Crippen LogP contribution >= 0.6 is 30.5 Å². The number of benzene rings is 1. The zero-order valence-electron chi connectivity index (χ0n) is 10.8. The Labute approximate surface area is 127 Å². The molecule has 0 spiro atoms. The summed E-state index contributed by atoms with van der Waals surface area (Å²) in [6, 6.07) is 7.18. The van der Waals surface area contributed by atoms with Gasteiger partial charge in [-0.05, 0) is 59.7 Å². The maximum Gasteiger partial charge on any atom is 0.147 e. The normalized spacial score (nSPS) is 12.2. The number of nitrogens with one attached hydrogen (secondary N) is 1. The number of hydrogen-bond donors (Lipinski definition) is 1. The quantitative estimate of drug-likeness (QED) is 0.623. The Hall–Kier alpha value is -0.740. The van der Waals surface area contributed by atoms with Crippen molar-refractivity contribution in [3.8, 4) is 0 Å². The van der Waals surface area contributed by atoms with Crippen LogP contribution in [0, 0.1) is 9.39 Å². The van der Waals surface area contributed by atoms with Crippen LogP contribution in [0.5, 0.6) is 0 Å². The van der Waals surface area contributed by atoms with Crippen molar-refractivity contribution in [1.29, 1.82) is 0 Å². The Balaban J connectivity index is 2.33. The molecule has 0 amide bonds. The van der Waals surface area contributed by atoms with Gasteiger partial charge in [-0.3, -0.25) is 4.98 Å². The predicted octanol–water partition coefficient (Wildman–Crippen LogP) is 4.33. The minimum atomic E-state index is -0.237. The lowest BCUT2D eigenvalue weighted by Crippen LogP contribution is -2.09. The van der Waals surface area contributed by atoms with Crippen molar-refractivity contribution < 1.29 is 4.39 Å². The molecule has 1 N–H and O–H groups in total. The molecule has 2 nitrogen and oxygen atoms in total. The van der Waals surface area contributed by atoms with E-state index < -0.39 is 0 Å². The fraction of sp³-hybridized carbons (Fsp3) is 0.214. The van der Waals surface area contributed by atoms with Crippen LogP contribution in [0.25, 0.3) is 0 Å². The Morgan fingerprint density at radius 3 is 2.79 bits per heavy atom. The summed E-state index contributed by atoms with van der Waals surface area (Å²) in [4.78, 5) is 4.13. The molecule has 2 aromatic rings. The first-order valence-corrected chi connectivity index (χ1v) is 9.04. The standard InChI is InChI=1S/C14H15FIN2P/c1-3-19(2)14-6-7-17-9-13(14)18-12-5-4-10(16)8-11(12)15/h4-9,18H,3H2,1-2H3/t19-/m1/s1. The number of anilines is 2. The molecular formula is C14H15FIN2P. The highest BCUT2D eigenvalue weighted by Crippen LogP contribution is 2.33. The highest BCUT2D eigenvalue weighted by molar-refractivity contribution is 14.1. The van der Waals surface area contributed by atoms with Crippen molar-refractivity contribution >= 4 is 47.2 Å². The van der Waals surface area contributed by atoms with Crippen LogP contribution < -0.4 is 10.6 Å². The monoisotopic (exact) mass is 388 g/mol. The van der Waals surface area contributed by atoms with Crippen molar-refractivity contribution in [3.05, 3.63) is 46.0 Å². The Morgan fingerprint density at radius 1 is 1.32 bits per heavy atom. The number of halogens is 2. The predicted molar refractivity (Wildman–Crippen MR) is 89.7 cm³/mol. The van der Waals surface area contributed by atoms with Crippen LogP contribution in [0.15, 0.2) is 36.7 Å². The van der Waals surface area contributed by atoms with E-state index in [-0.39, 0.29) is 13.7 Å². The maximum atomic E-state index is 13.9. The molecule has 0 saturated heterocycles. The molecule has 1 aromatic heterocycles. The summed E-state index contributed by atoms with van der Waals surface area (Å²) in [7, 11) is -0.233. The molecule has 0 bridgehead atoms. The van der Waals surface area contributed by atoms with Gasteiger partial charge in [0.15, 0.2) is 0 Å². The van der Waals surface area contributed by atoms with E-state index in [4.69, 9.17) is 0 Å². The van der Waals surface area contributed by atoms with Gasteiger partial charge in [0.2, 0.25) is 0 Å².